The van der Waals surface area contributed by atoms with Crippen molar-refractivity contribution >= 4 is 30.9 Å². The molecule has 3 rings (SSSR count). The molecule has 1 aliphatic carbocycles. The first-order valence-corrected chi connectivity index (χ1v) is 12.1. The Balaban J connectivity index is 1.71. The molecule has 24 heavy (non-hydrogen) atoms. The Morgan fingerprint density at radius 1 is 1.00 bits per heavy atom. The molecule has 1 saturated carbocycles. The summed E-state index contributed by atoms with van der Waals surface area (Å²) in [6.07, 6.45) is 15.3. The summed E-state index contributed by atoms with van der Waals surface area (Å²) in [6, 6.07) is 0. The van der Waals surface area contributed by atoms with Gasteiger partial charge in [0.2, 0.25) is 0 Å². The second-order valence-corrected chi connectivity index (χ2v) is 9.94. The Bertz CT molecular complexity index is 495. The van der Waals surface area contributed by atoms with E-state index in [1.54, 1.807) is 0 Å². The van der Waals surface area contributed by atoms with Gasteiger partial charge in [-0.15, -0.1) is 5.10 Å². The van der Waals surface area contributed by atoms with Gasteiger partial charge in [0.05, 0.1) is 11.4 Å². The highest BCUT2D eigenvalue weighted by molar-refractivity contribution is 8.00. The van der Waals surface area contributed by atoms with E-state index in [0.29, 0.717) is 0 Å². The van der Waals surface area contributed by atoms with Gasteiger partial charge >= 0.3 is 0 Å². The minimum Gasteiger partial charge on any atom is -0.298 e. The maximum Gasteiger partial charge on any atom is 0.269 e. The van der Waals surface area contributed by atoms with E-state index in [-0.39, 0.29) is 0 Å². The smallest absolute Gasteiger partial charge is 0.269 e. The molecule has 134 valence electrons. The largest absolute Gasteiger partial charge is 0.298 e. The Labute approximate surface area is 156 Å². The number of hydrogen-bond acceptors (Lipinski definition) is 4. The highest BCUT2D eigenvalue weighted by atomic mass is 32.2. The first-order valence-electron chi connectivity index (χ1n) is 10.0. The minimum atomic E-state index is 0.826. The molecule has 3 nitrogen and oxygen atoms in total. The van der Waals surface area contributed by atoms with Crippen LogP contribution in [-0.2, 0) is 11.5 Å². The van der Waals surface area contributed by atoms with Gasteiger partial charge in [0.1, 0.15) is 0 Å². The number of thioether (sulfide) groups is 2. The lowest BCUT2D eigenvalue weighted by Crippen LogP contribution is -2.14. The standard InChI is InChI=1S/C18H32BN3S2/c1-2-11-19-22-18-14-24-16-10-8-6-4-3-5-7-9-15(12-16)23-13-17(18)20-21-22/h15-16,19H,2-14H2,1H3. The van der Waals surface area contributed by atoms with E-state index in [1.165, 1.54) is 81.9 Å². The van der Waals surface area contributed by atoms with Gasteiger partial charge in [0.25, 0.3) is 7.41 Å². The van der Waals surface area contributed by atoms with Gasteiger partial charge in [-0.1, -0.05) is 63.4 Å². The van der Waals surface area contributed by atoms with E-state index in [0.717, 1.165) is 29.4 Å². The topological polar surface area (TPSA) is 30.7 Å². The van der Waals surface area contributed by atoms with Crippen LogP contribution in [0, 0.1) is 0 Å². The maximum atomic E-state index is 4.54. The molecule has 1 aliphatic heterocycles. The highest BCUT2D eigenvalue weighted by Gasteiger charge is 2.24. The molecule has 2 aliphatic rings. The van der Waals surface area contributed by atoms with Crippen molar-refractivity contribution in [1.29, 1.82) is 0 Å². The van der Waals surface area contributed by atoms with Gasteiger partial charge in [-0.05, 0) is 19.3 Å². The summed E-state index contributed by atoms with van der Waals surface area (Å²) in [5.74, 6) is 2.18. The molecule has 1 fully saturated rings. The van der Waals surface area contributed by atoms with Crippen LogP contribution >= 0.6 is 23.5 Å². The fourth-order valence-corrected chi connectivity index (χ4v) is 6.65. The Morgan fingerprint density at radius 3 is 2.38 bits per heavy atom. The summed E-state index contributed by atoms with van der Waals surface area (Å²) in [6.45, 7) is 2.25. The first-order chi connectivity index (χ1) is 11.9. The van der Waals surface area contributed by atoms with E-state index < -0.39 is 0 Å². The molecule has 2 atom stereocenters. The Kier molecular flexibility index (Phi) is 7.90. The predicted molar refractivity (Wildman–Crippen MR) is 109 cm³/mol. The summed E-state index contributed by atoms with van der Waals surface area (Å²) in [5.41, 5.74) is 2.68. The molecule has 6 heteroatoms. The van der Waals surface area contributed by atoms with Crippen molar-refractivity contribution in [3.63, 3.8) is 0 Å². The first kappa shape index (κ1) is 18.7. The molecular weight excluding hydrogens is 333 g/mol. The molecule has 0 saturated heterocycles. The third kappa shape index (κ3) is 5.45. The quantitative estimate of drug-likeness (QED) is 0.702. The van der Waals surface area contributed by atoms with E-state index in [1.807, 2.05) is 0 Å². The molecule has 0 spiro atoms. The molecule has 0 aromatic carbocycles. The highest BCUT2D eigenvalue weighted by Crippen LogP contribution is 2.36. The van der Waals surface area contributed by atoms with Crippen LogP contribution in [0.2, 0.25) is 6.32 Å². The average molecular weight is 365 g/mol. The maximum absolute atomic E-state index is 4.54. The molecule has 0 amide bonds. The second kappa shape index (κ2) is 10.2. The van der Waals surface area contributed by atoms with E-state index >= 15 is 0 Å². The van der Waals surface area contributed by atoms with Gasteiger partial charge in [-0.3, -0.25) is 4.59 Å². The molecule has 0 radical (unpaired) electrons. The number of hydrogen-bond donors (Lipinski definition) is 0. The summed E-state index contributed by atoms with van der Waals surface area (Å²) in [4.78, 5) is 0. The van der Waals surface area contributed by atoms with Crippen molar-refractivity contribution in [2.24, 2.45) is 0 Å². The summed E-state index contributed by atoms with van der Waals surface area (Å²) in [5, 5.41) is 10.7. The predicted octanol–water partition coefficient (Wildman–Crippen LogP) is 5.05. The SMILES string of the molecule is CCCBn1nnc2c1CSC1CCCCCCCCC(C1)SC2. The Morgan fingerprint density at radius 2 is 1.67 bits per heavy atom. The van der Waals surface area contributed by atoms with Crippen LogP contribution in [0.5, 0.6) is 0 Å². The lowest BCUT2D eigenvalue weighted by molar-refractivity contribution is 0.587. The molecule has 0 N–H and O–H groups in total. The van der Waals surface area contributed by atoms with Gasteiger partial charge in [-0.25, -0.2) is 0 Å². The molecule has 2 unspecified atom stereocenters. The number of rotatable bonds is 3. The summed E-state index contributed by atoms with van der Waals surface area (Å²) in [7, 11) is 1.04. The normalized spacial score (nSPS) is 26.4. The monoisotopic (exact) mass is 365 g/mol. The van der Waals surface area contributed by atoms with Crippen molar-refractivity contribution < 1.29 is 0 Å². The molecule has 2 heterocycles. The number of fused-ring (bicyclic) bond motifs is 3. The fraction of sp³-hybridized carbons (Fsp3) is 0.889. The van der Waals surface area contributed by atoms with E-state index in [9.17, 15) is 0 Å². The molecule has 1 aromatic heterocycles. The van der Waals surface area contributed by atoms with Crippen LogP contribution < -0.4 is 0 Å². The van der Waals surface area contributed by atoms with Gasteiger partial charge < -0.3 is 0 Å². The molecular formula is C18H32BN3S2. The van der Waals surface area contributed by atoms with E-state index in [2.05, 4.69) is 45.4 Å². The number of aromatic nitrogens is 3. The zero-order valence-corrected chi connectivity index (χ0v) is 16.8. The van der Waals surface area contributed by atoms with Gasteiger partial charge in [0.15, 0.2) is 0 Å². The lowest BCUT2D eigenvalue weighted by Gasteiger charge is -2.21. The Hall–Kier alpha value is -0.0951. The van der Waals surface area contributed by atoms with Crippen LogP contribution in [-0.4, -0.2) is 32.8 Å². The lowest BCUT2D eigenvalue weighted by atomic mass is 9.87. The van der Waals surface area contributed by atoms with Crippen molar-refractivity contribution in [1.82, 2.24) is 14.9 Å². The average Bonchev–Trinajstić information content (AvgIpc) is 2.98. The van der Waals surface area contributed by atoms with Crippen molar-refractivity contribution in [2.75, 3.05) is 0 Å². The van der Waals surface area contributed by atoms with Gasteiger partial charge in [0, 0.05) is 22.0 Å². The van der Waals surface area contributed by atoms with E-state index in [4.69, 9.17) is 0 Å². The summed E-state index contributed by atoms with van der Waals surface area (Å²) >= 11 is 4.35. The van der Waals surface area contributed by atoms with Crippen LogP contribution in [0.4, 0.5) is 0 Å². The fourth-order valence-electron chi connectivity index (χ4n) is 3.80. The van der Waals surface area contributed by atoms with Crippen LogP contribution in [0.15, 0.2) is 0 Å². The van der Waals surface area contributed by atoms with Crippen LogP contribution in [0.1, 0.15) is 82.5 Å². The molecule has 2 bridgehead atoms. The van der Waals surface area contributed by atoms with Crippen molar-refractivity contribution in [3.05, 3.63) is 11.4 Å². The molecule has 1 aromatic rings. The zero-order chi connectivity index (χ0) is 16.6. The van der Waals surface area contributed by atoms with Crippen LogP contribution in [0.3, 0.4) is 0 Å². The van der Waals surface area contributed by atoms with Crippen LogP contribution in [0.25, 0.3) is 0 Å². The summed E-state index contributed by atoms with van der Waals surface area (Å²) < 4.78 is 2.20. The van der Waals surface area contributed by atoms with Crippen molar-refractivity contribution in [3.8, 4) is 0 Å². The third-order valence-electron chi connectivity index (χ3n) is 5.38. The zero-order valence-electron chi connectivity index (χ0n) is 15.2. The minimum absolute atomic E-state index is 0.826. The third-order valence-corrected chi connectivity index (χ3v) is 8.06. The number of nitrogens with zero attached hydrogens (tertiary/aromatic N) is 3. The van der Waals surface area contributed by atoms with Crippen molar-refractivity contribution in [2.45, 2.75) is 99.5 Å². The van der Waals surface area contributed by atoms with Gasteiger partial charge in [-0.2, -0.15) is 23.5 Å². The second-order valence-electron chi connectivity index (χ2n) is 7.36.